The maximum absolute atomic E-state index is 13.3. The summed E-state index contributed by atoms with van der Waals surface area (Å²) < 4.78 is 38.3. The van der Waals surface area contributed by atoms with Crippen molar-refractivity contribution in [3.8, 4) is 11.5 Å². The minimum Gasteiger partial charge on any atom is -0.497 e. The second-order valence-electron chi connectivity index (χ2n) is 5.96. The van der Waals surface area contributed by atoms with E-state index in [1.807, 2.05) is 6.92 Å². The van der Waals surface area contributed by atoms with Gasteiger partial charge < -0.3 is 14.6 Å². The first kappa shape index (κ1) is 17.6. The minimum absolute atomic E-state index is 0.119. The van der Waals surface area contributed by atoms with Crippen LogP contribution in [0.5, 0.6) is 11.5 Å². The van der Waals surface area contributed by atoms with Gasteiger partial charge in [0.2, 0.25) is 0 Å². The number of fused-ring (bicyclic) bond motifs is 1. The summed E-state index contributed by atoms with van der Waals surface area (Å²) in [6.45, 7) is 2.02. The molecule has 0 fully saturated rings. The first-order chi connectivity index (χ1) is 11.9. The molecule has 0 spiro atoms. The zero-order valence-electron chi connectivity index (χ0n) is 14.4. The Morgan fingerprint density at radius 3 is 2.56 bits per heavy atom. The van der Waals surface area contributed by atoms with Crippen molar-refractivity contribution in [1.82, 2.24) is 0 Å². The van der Waals surface area contributed by atoms with E-state index in [-0.39, 0.29) is 11.4 Å². The average molecular weight is 363 g/mol. The largest absolute Gasteiger partial charge is 0.497 e. The molecule has 134 valence electrons. The van der Waals surface area contributed by atoms with Crippen molar-refractivity contribution in [2.24, 2.45) is 0 Å². The molecule has 0 saturated carbocycles. The Kier molecular flexibility index (Phi) is 4.62. The SMILES string of the molecule is COc1ccc2c(c1)C(O)CCN2S(=O)(=O)c1cc(C)ccc1OC. The van der Waals surface area contributed by atoms with Crippen molar-refractivity contribution in [2.45, 2.75) is 24.3 Å². The lowest BCUT2D eigenvalue weighted by molar-refractivity contribution is 0.166. The van der Waals surface area contributed by atoms with Crippen LogP contribution in [0.25, 0.3) is 0 Å². The van der Waals surface area contributed by atoms with Crippen molar-refractivity contribution in [2.75, 3.05) is 25.1 Å². The highest BCUT2D eigenvalue weighted by molar-refractivity contribution is 7.93. The Balaban J connectivity index is 2.14. The summed E-state index contributed by atoms with van der Waals surface area (Å²) in [5.74, 6) is 0.872. The highest BCUT2D eigenvalue weighted by Crippen LogP contribution is 2.40. The van der Waals surface area contributed by atoms with Gasteiger partial charge in [-0.1, -0.05) is 6.07 Å². The average Bonchev–Trinajstić information content (AvgIpc) is 2.61. The maximum Gasteiger partial charge on any atom is 0.268 e. The summed E-state index contributed by atoms with van der Waals surface area (Å²) in [7, 11) is -0.850. The number of nitrogens with zero attached hydrogens (tertiary/aromatic N) is 1. The normalized spacial score (nSPS) is 17.1. The van der Waals surface area contributed by atoms with E-state index in [1.54, 1.807) is 36.4 Å². The molecular formula is C18H21NO5S. The van der Waals surface area contributed by atoms with Crippen LogP contribution in [0, 0.1) is 6.92 Å². The molecule has 2 aromatic rings. The van der Waals surface area contributed by atoms with Gasteiger partial charge in [-0.2, -0.15) is 0 Å². The molecule has 0 saturated heterocycles. The van der Waals surface area contributed by atoms with Crippen LogP contribution in [0.4, 0.5) is 5.69 Å². The molecule has 1 N–H and O–H groups in total. The molecule has 1 aliphatic rings. The van der Waals surface area contributed by atoms with E-state index in [9.17, 15) is 13.5 Å². The zero-order chi connectivity index (χ0) is 18.2. The van der Waals surface area contributed by atoms with Gasteiger partial charge in [-0.05, 0) is 49.2 Å². The van der Waals surface area contributed by atoms with Gasteiger partial charge >= 0.3 is 0 Å². The molecule has 7 heteroatoms. The minimum atomic E-state index is -3.83. The fourth-order valence-corrected chi connectivity index (χ4v) is 4.77. The van der Waals surface area contributed by atoms with E-state index >= 15 is 0 Å². The maximum atomic E-state index is 13.3. The van der Waals surface area contributed by atoms with Crippen LogP contribution in [-0.2, 0) is 10.0 Å². The smallest absolute Gasteiger partial charge is 0.268 e. The topological polar surface area (TPSA) is 76.1 Å². The molecule has 2 aromatic carbocycles. The molecular weight excluding hydrogens is 342 g/mol. The number of rotatable bonds is 4. The zero-order valence-corrected chi connectivity index (χ0v) is 15.2. The summed E-state index contributed by atoms with van der Waals surface area (Å²) in [6.07, 6.45) is -0.413. The van der Waals surface area contributed by atoms with E-state index in [1.165, 1.54) is 18.5 Å². The Morgan fingerprint density at radius 1 is 1.12 bits per heavy atom. The third kappa shape index (κ3) is 3.05. The van der Waals surface area contributed by atoms with Gasteiger partial charge in [-0.3, -0.25) is 4.31 Å². The molecule has 1 aliphatic heterocycles. The fourth-order valence-electron chi connectivity index (χ4n) is 3.02. The van der Waals surface area contributed by atoms with Crippen molar-refractivity contribution in [1.29, 1.82) is 0 Å². The number of aryl methyl sites for hydroxylation is 1. The van der Waals surface area contributed by atoms with E-state index in [0.29, 0.717) is 29.2 Å². The van der Waals surface area contributed by atoms with E-state index < -0.39 is 16.1 Å². The molecule has 3 rings (SSSR count). The summed E-state index contributed by atoms with van der Waals surface area (Å²) in [4.78, 5) is 0.119. The Labute approximate surface area is 147 Å². The Hall–Kier alpha value is -2.25. The van der Waals surface area contributed by atoms with Crippen LogP contribution in [0.15, 0.2) is 41.3 Å². The highest BCUT2D eigenvalue weighted by Gasteiger charge is 2.34. The number of sulfonamides is 1. The number of ether oxygens (including phenoxy) is 2. The second kappa shape index (κ2) is 6.57. The van der Waals surface area contributed by atoms with E-state index in [4.69, 9.17) is 9.47 Å². The van der Waals surface area contributed by atoms with E-state index in [0.717, 1.165) is 5.56 Å². The van der Waals surface area contributed by atoms with Crippen LogP contribution >= 0.6 is 0 Å². The summed E-state index contributed by atoms with van der Waals surface area (Å²) in [5.41, 5.74) is 1.83. The Morgan fingerprint density at radius 2 is 1.88 bits per heavy atom. The molecule has 0 aromatic heterocycles. The van der Waals surface area contributed by atoms with Crippen LogP contribution in [0.3, 0.4) is 0 Å². The van der Waals surface area contributed by atoms with Crippen molar-refractivity contribution >= 4 is 15.7 Å². The second-order valence-corrected chi connectivity index (χ2v) is 7.79. The van der Waals surface area contributed by atoms with Gasteiger partial charge in [0.25, 0.3) is 10.0 Å². The number of anilines is 1. The third-order valence-corrected chi connectivity index (χ3v) is 6.19. The number of methoxy groups -OCH3 is 2. The number of aliphatic hydroxyl groups is 1. The van der Waals surface area contributed by atoms with Gasteiger partial charge in [-0.25, -0.2) is 8.42 Å². The number of hydrogen-bond donors (Lipinski definition) is 1. The van der Waals surface area contributed by atoms with Gasteiger partial charge in [0.1, 0.15) is 16.4 Å². The summed E-state index contributed by atoms with van der Waals surface area (Å²) in [6, 6.07) is 10.1. The number of hydrogen-bond acceptors (Lipinski definition) is 5. The first-order valence-electron chi connectivity index (χ1n) is 7.92. The molecule has 1 atom stereocenters. The van der Waals surface area contributed by atoms with Gasteiger partial charge in [-0.15, -0.1) is 0 Å². The standard InChI is InChI=1S/C18H21NO5S/c1-12-4-7-17(24-3)18(10-12)25(21,22)19-9-8-16(20)14-11-13(23-2)5-6-15(14)19/h4-7,10-11,16,20H,8-9H2,1-3H3. The molecule has 25 heavy (non-hydrogen) atoms. The van der Waals surface area contributed by atoms with Crippen LogP contribution in [-0.4, -0.2) is 34.3 Å². The quantitative estimate of drug-likeness (QED) is 0.904. The summed E-state index contributed by atoms with van der Waals surface area (Å²) >= 11 is 0. The molecule has 0 bridgehead atoms. The Bertz CT molecular complexity index is 894. The third-order valence-electron chi connectivity index (χ3n) is 4.36. The monoisotopic (exact) mass is 363 g/mol. The first-order valence-corrected chi connectivity index (χ1v) is 9.36. The lowest BCUT2D eigenvalue weighted by Crippen LogP contribution is -2.37. The van der Waals surface area contributed by atoms with Gasteiger partial charge in [0.15, 0.2) is 0 Å². The van der Waals surface area contributed by atoms with Gasteiger partial charge in [0.05, 0.1) is 26.0 Å². The lowest BCUT2D eigenvalue weighted by atomic mass is 10.0. The van der Waals surface area contributed by atoms with Gasteiger partial charge in [0, 0.05) is 12.1 Å². The van der Waals surface area contributed by atoms with Crippen LogP contribution in [0.2, 0.25) is 0 Å². The molecule has 0 amide bonds. The van der Waals surface area contributed by atoms with Crippen molar-refractivity contribution < 1.29 is 23.0 Å². The predicted molar refractivity (Wildman–Crippen MR) is 94.8 cm³/mol. The highest BCUT2D eigenvalue weighted by atomic mass is 32.2. The molecule has 6 nitrogen and oxygen atoms in total. The molecule has 1 heterocycles. The summed E-state index contributed by atoms with van der Waals surface area (Å²) in [5, 5.41) is 10.3. The van der Waals surface area contributed by atoms with Crippen LogP contribution in [0.1, 0.15) is 23.7 Å². The molecule has 1 unspecified atom stereocenters. The fraction of sp³-hybridized carbons (Fsp3) is 0.333. The van der Waals surface area contributed by atoms with Crippen molar-refractivity contribution in [3.05, 3.63) is 47.5 Å². The van der Waals surface area contributed by atoms with E-state index in [2.05, 4.69) is 0 Å². The lowest BCUT2D eigenvalue weighted by Gasteiger charge is -2.33. The number of aliphatic hydroxyl groups excluding tert-OH is 1. The van der Waals surface area contributed by atoms with Crippen LogP contribution < -0.4 is 13.8 Å². The van der Waals surface area contributed by atoms with Crippen molar-refractivity contribution in [3.63, 3.8) is 0 Å². The predicted octanol–water partition coefficient (Wildman–Crippen LogP) is 2.64. The molecule has 0 radical (unpaired) electrons. The molecule has 0 aliphatic carbocycles. The number of benzene rings is 2.